The summed E-state index contributed by atoms with van der Waals surface area (Å²) in [5.74, 6) is -1.02. The summed E-state index contributed by atoms with van der Waals surface area (Å²) in [5, 5.41) is 6.54. The smallest absolute Gasteiger partial charge is 0.428 e. The molecule has 0 aliphatic heterocycles. The van der Waals surface area contributed by atoms with Crippen LogP contribution in [0.25, 0.3) is 0 Å². The molecule has 0 atom stereocenters. The second-order valence-corrected chi connectivity index (χ2v) is 7.31. The van der Waals surface area contributed by atoms with Crippen LogP contribution in [0.4, 0.5) is 52.6 Å². The fourth-order valence-electron chi connectivity index (χ4n) is 2.51. The Labute approximate surface area is 208 Å². The van der Waals surface area contributed by atoms with Crippen LogP contribution >= 0.6 is 11.6 Å². The third kappa shape index (κ3) is 8.06. The van der Waals surface area contributed by atoms with Crippen molar-refractivity contribution in [2.75, 3.05) is 10.7 Å². The highest BCUT2D eigenvalue weighted by molar-refractivity contribution is 6.29. The molecule has 0 radical (unpaired) electrons. The number of aromatic nitrogens is 2. The van der Waals surface area contributed by atoms with Gasteiger partial charge in [0.1, 0.15) is 22.5 Å². The first-order valence-electron chi connectivity index (χ1n) is 9.85. The minimum Gasteiger partial charge on any atom is -0.428 e. The molecule has 2 aromatic carbocycles. The van der Waals surface area contributed by atoms with E-state index in [-0.39, 0.29) is 22.5 Å². The summed E-state index contributed by atoms with van der Waals surface area (Å²) in [4.78, 5) is 7.93. The molecule has 0 unspecified atom stereocenters. The number of ether oxygens (including phenoxy) is 2. The maximum atomic E-state index is 13.1. The van der Waals surface area contributed by atoms with Gasteiger partial charge in [-0.2, -0.15) is 50.2 Å². The van der Waals surface area contributed by atoms with Crippen LogP contribution < -0.4 is 20.2 Å². The van der Waals surface area contributed by atoms with Gasteiger partial charge in [0.25, 0.3) is 0 Å². The Hall–Kier alpha value is -3.88. The minimum absolute atomic E-state index is 0.0450. The lowest BCUT2D eigenvalue weighted by Gasteiger charge is -2.17. The van der Waals surface area contributed by atoms with Crippen LogP contribution in [0.5, 0.6) is 11.5 Å². The number of nitrogens with one attached hydrogen (secondary N) is 2. The highest BCUT2D eigenvalue weighted by atomic mass is 35.5. The number of hydrogen-bond acceptors (Lipinski definition) is 7. The molecule has 0 saturated carbocycles. The highest BCUT2D eigenvalue weighted by Crippen LogP contribution is 2.29. The van der Waals surface area contributed by atoms with Crippen molar-refractivity contribution in [2.24, 2.45) is 5.10 Å². The SMILES string of the molecule is FC(F)C(F)(F)Oc1ccc(Nc2cc(Cl)nc(N/N=C/c3cccc(OC(F)(F)C(F)F)c3)n2)cc1. The second kappa shape index (κ2) is 11.5. The Kier molecular flexibility index (Phi) is 8.57. The Morgan fingerprint density at radius 1 is 0.838 bits per heavy atom. The number of rotatable bonds is 11. The van der Waals surface area contributed by atoms with Crippen LogP contribution in [0.2, 0.25) is 5.15 Å². The van der Waals surface area contributed by atoms with Crippen molar-refractivity contribution in [2.45, 2.75) is 25.1 Å². The number of halogens is 9. The van der Waals surface area contributed by atoms with Gasteiger partial charge in [-0.15, -0.1) is 0 Å². The van der Waals surface area contributed by atoms with Gasteiger partial charge in [0, 0.05) is 11.8 Å². The van der Waals surface area contributed by atoms with E-state index in [1.165, 1.54) is 30.3 Å². The first kappa shape index (κ1) is 27.7. The van der Waals surface area contributed by atoms with Crippen molar-refractivity contribution in [1.29, 1.82) is 0 Å². The minimum atomic E-state index is -4.67. The van der Waals surface area contributed by atoms with Crippen LogP contribution in [0.15, 0.2) is 59.7 Å². The van der Waals surface area contributed by atoms with E-state index < -0.39 is 36.6 Å². The Bertz CT molecular complexity index is 1230. The van der Waals surface area contributed by atoms with E-state index in [0.717, 1.165) is 30.5 Å². The van der Waals surface area contributed by atoms with Crippen molar-refractivity contribution in [3.8, 4) is 11.5 Å². The zero-order chi connectivity index (χ0) is 27.2. The fraction of sp³-hybridized carbons (Fsp3) is 0.190. The van der Waals surface area contributed by atoms with Crippen molar-refractivity contribution in [1.82, 2.24) is 9.97 Å². The van der Waals surface area contributed by atoms with E-state index in [1.54, 1.807) is 0 Å². The average Bonchev–Trinajstić information content (AvgIpc) is 2.80. The zero-order valence-corrected chi connectivity index (χ0v) is 18.7. The molecule has 198 valence electrons. The number of alkyl halides is 8. The zero-order valence-electron chi connectivity index (χ0n) is 18.0. The number of hydrazone groups is 1. The lowest BCUT2D eigenvalue weighted by atomic mass is 10.2. The van der Waals surface area contributed by atoms with Gasteiger partial charge in [-0.1, -0.05) is 23.7 Å². The molecule has 0 saturated heterocycles. The van der Waals surface area contributed by atoms with Crippen molar-refractivity contribution < 1.29 is 44.6 Å². The van der Waals surface area contributed by atoms with Gasteiger partial charge < -0.3 is 14.8 Å². The van der Waals surface area contributed by atoms with Gasteiger partial charge in [0.05, 0.1) is 6.21 Å². The van der Waals surface area contributed by atoms with E-state index in [1.807, 2.05) is 0 Å². The van der Waals surface area contributed by atoms with E-state index in [2.05, 4.69) is 35.3 Å². The molecule has 37 heavy (non-hydrogen) atoms. The van der Waals surface area contributed by atoms with Crippen molar-refractivity contribution >= 4 is 35.3 Å². The molecule has 0 aliphatic rings. The summed E-state index contributed by atoms with van der Waals surface area (Å²) in [6.07, 6.45) is -16.2. The lowest BCUT2D eigenvalue weighted by molar-refractivity contribution is -0.253. The molecule has 0 spiro atoms. The molecule has 1 aromatic heterocycles. The number of hydrogen-bond donors (Lipinski definition) is 2. The topological polar surface area (TPSA) is 80.7 Å². The molecule has 3 aromatic rings. The van der Waals surface area contributed by atoms with E-state index in [9.17, 15) is 35.1 Å². The third-order valence-corrected chi connectivity index (χ3v) is 4.27. The maximum absolute atomic E-state index is 13.1. The highest BCUT2D eigenvalue weighted by Gasteiger charge is 2.44. The Morgan fingerprint density at radius 2 is 1.46 bits per heavy atom. The predicted octanol–water partition coefficient (Wildman–Crippen LogP) is 6.79. The molecule has 3 rings (SSSR count). The molecule has 0 bridgehead atoms. The van der Waals surface area contributed by atoms with Gasteiger partial charge >= 0.3 is 25.1 Å². The van der Waals surface area contributed by atoms with Gasteiger partial charge in [-0.25, -0.2) is 5.43 Å². The number of anilines is 3. The molecule has 0 aliphatic carbocycles. The second-order valence-electron chi connectivity index (χ2n) is 6.92. The molecule has 1 heterocycles. The van der Waals surface area contributed by atoms with Crippen molar-refractivity contribution in [3.05, 3.63) is 65.3 Å². The molecule has 2 N–H and O–H groups in total. The number of nitrogens with zero attached hydrogens (tertiary/aromatic N) is 3. The maximum Gasteiger partial charge on any atom is 0.461 e. The first-order valence-corrected chi connectivity index (χ1v) is 10.2. The van der Waals surface area contributed by atoms with E-state index in [4.69, 9.17) is 11.6 Å². The lowest BCUT2D eigenvalue weighted by Crippen LogP contribution is -2.33. The van der Waals surface area contributed by atoms with Gasteiger partial charge in [-0.3, -0.25) is 0 Å². The molecular weight excluding hydrogens is 542 g/mol. The molecule has 16 heteroatoms. The summed E-state index contributed by atoms with van der Waals surface area (Å²) in [7, 11) is 0. The molecule has 0 amide bonds. The normalized spacial score (nSPS) is 12.3. The van der Waals surface area contributed by atoms with Crippen LogP contribution in [-0.2, 0) is 0 Å². The van der Waals surface area contributed by atoms with Gasteiger partial charge in [0.15, 0.2) is 0 Å². The molecular formula is C21H14ClF8N5O2. The average molecular weight is 556 g/mol. The summed E-state index contributed by atoms with van der Waals surface area (Å²) < 4.78 is 109. The predicted molar refractivity (Wildman–Crippen MR) is 118 cm³/mol. The van der Waals surface area contributed by atoms with Crippen LogP contribution in [0.3, 0.4) is 0 Å². The number of benzene rings is 2. The molecule has 0 fully saturated rings. The summed E-state index contributed by atoms with van der Waals surface area (Å²) in [6.45, 7) is 0. The molecule has 7 nitrogen and oxygen atoms in total. The fourth-order valence-corrected chi connectivity index (χ4v) is 2.70. The van der Waals surface area contributed by atoms with Crippen LogP contribution in [0, 0.1) is 0 Å². The Balaban J connectivity index is 1.64. The van der Waals surface area contributed by atoms with Gasteiger partial charge in [-0.05, 0) is 42.0 Å². The van der Waals surface area contributed by atoms with Gasteiger partial charge in [0.2, 0.25) is 5.95 Å². The monoisotopic (exact) mass is 555 g/mol. The summed E-state index contributed by atoms with van der Waals surface area (Å²) in [5.41, 5.74) is 2.94. The quantitative estimate of drug-likeness (QED) is 0.117. The summed E-state index contributed by atoms with van der Waals surface area (Å²) >= 11 is 5.94. The summed E-state index contributed by atoms with van der Waals surface area (Å²) in [6, 6.07) is 10.7. The van der Waals surface area contributed by atoms with E-state index >= 15 is 0 Å². The Morgan fingerprint density at radius 3 is 2.08 bits per heavy atom. The van der Waals surface area contributed by atoms with Crippen LogP contribution in [-0.4, -0.2) is 41.3 Å². The van der Waals surface area contributed by atoms with E-state index in [0.29, 0.717) is 5.69 Å². The van der Waals surface area contributed by atoms with Crippen LogP contribution in [0.1, 0.15) is 5.56 Å². The third-order valence-electron chi connectivity index (χ3n) is 4.07. The largest absolute Gasteiger partial charge is 0.461 e. The first-order chi connectivity index (χ1) is 17.3. The van der Waals surface area contributed by atoms with Crippen molar-refractivity contribution in [3.63, 3.8) is 0 Å². The standard InChI is InChI=1S/C21H14ClF8N5O2/c22-15-9-16(32-12-4-6-13(7-5-12)36-20(27,28)17(23)24)34-19(33-15)35-31-10-11-2-1-3-14(8-11)37-21(29,30)18(25)26/h1-10,17-18H,(H2,32,33,34,35)/b31-10+.